The Morgan fingerprint density at radius 1 is 1.11 bits per heavy atom. The normalized spacial score (nSPS) is 10.1. The number of esters is 2. The Labute approximate surface area is 173 Å². The summed E-state index contributed by atoms with van der Waals surface area (Å²) in [5.41, 5.74) is 1.48. The Morgan fingerprint density at radius 3 is 2.43 bits per heavy atom. The summed E-state index contributed by atoms with van der Waals surface area (Å²) >= 11 is 6.45. The van der Waals surface area contributed by atoms with E-state index in [9.17, 15) is 9.59 Å². The first-order chi connectivity index (χ1) is 13.4. The predicted octanol–water partition coefficient (Wildman–Crippen LogP) is 4.23. The minimum absolute atomic E-state index is 0.217. The average Bonchev–Trinajstić information content (AvgIpc) is 2.98. The highest BCUT2D eigenvalue weighted by Gasteiger charge is 2.26. The van der Waals surface area contributed by atoms with Crippen molar-refractivity contribution in [1.29, 1.82) is 0 Å². The number of anilines is 2. The van der Waals surface area contributed by atoms with E-state index in [-0.39, 0.29) is 23.9 Å². The molecule has 0 amide bonds. The fraction of sp³-hybridized carbons (Fsp3) is 0.316. The first-order valence-electron chi connectivity index (χ1n) is 8.60. The molecule has 7 nitrogen and oxygen atoms in total. The fourth-order valence-electron chi connectivity index (χ4n) is 2.41. The molecule has 0 saturated heterocycles. The van der Waals surface area contributed by atoms with Gasteiger partial charge in [0.15, 0.2) is 5.11 Å². The zero-order chi connectivity index (χ0) is 20.7. The quantitative estimate of drug-likeness (QED) is 0.507. The second-order valence-corrected chi connectivity index (χ2v) is 6.94. The Hall–Kier alpha value is -2.65. The number of ether oxygens (including phenoxy) is 3. The number of hydrogen-bond donors (Lipinski definition) is 2. The molecule has 0 unspecified atom stereocenters. The van der Waals surface area contributed by atoms with Gasteiger partial charge in [-0.3, -0.25) is 0 Å². The Balaban J connectivity index is 2.29. The molecule has 2 aromatic rings. The monoisotopic (exact) mass is 422 g/mol. The first kappa shape index (κ1) is 21.6. The van der Waals surface area contributed by atoms with Gasteiger partial charge in [0.2, 0.25) is 0 Å². The van der Waals surface area contributed by atoms with Gasteiger partial charge in [-0.15, -0.1) is 11.3 Å². The van der Waals surface area contributed by atoms with Crippen LogP contribution in [-0.2, 0) is 9.47 Å². The highest BCUT2D eigenvalue weighted by Crippen LogP contribution is 2.34. The van der Waals surface area contributed by atoms with Crippen LogP contribution in [0.25, 0.3) is 0 Å². The summed E-state index contributed by atoms with van der Waals surface area (Å²) in [6, 6.07) is 7.24. The molecule has 0 aliphatic carbocycles. The summed E-state index contributed by atoms with van der Waals surface area (Å²) in [6.45, 7) is 5.57. The van der Waals surface area contributed by atoms with Gasteiger partial charge in [0.1, 0.15) is 15.6 Å². The SMILES string of the molecule is CCOC(=O)c1sc(NC(=S)Nc2cccc(OC)c2)c(C(=O)OCC)c1C. The van der Waals surface area contributed by atoms with E-state index in [0.29, 0.717) is 26.9 Å². The molecular weight excluding hydrogens is 400 g/mol. The maximum atomic E-state index is 12.4. The molecule has 0 saturated carbocycles. The molecule has 1 aromatic carbocycles. The van der Waals surface area contributed by atoms with Gasteiger partial charge in [0.05, 0.1) is 25.9 Å². The summed E-state index contributed by atoms with van der Waals surface area (Å²) in [5.74, 6) is -0.342. The lowest BCUT2D eigenvalue weighted by atomic mass is 10.1. The van der Waals surface area contributed by atoms with Crippen molar-refractivity contribution in [3.05, 3.63) is 40.3 Å². The Morgan fingerprint density at radius 2 is 1.79 bits per heavy atom. The van der Waals surface area contributed by atoms with Crippen LogP contribution in [0.2, 0.25) is 0 Å². The molecule has 0 aliphatic rings. The van der Waals surface area contributed by atoms with Crippen molar-refractivity contribution in [3.63, 3.8) is 0 Å². The van der Waals surface area contributed by atoms with E-state index in [0.717, 1.165) is 11.3 Å². The van der Waals surface area contributed by atoms with Crippen LogP contribution in [0.15, 0.2) is 24.3 Å². The molecule has 28 heavy (non-hydrogen) atoms. The molecule has 0 bridgehead atoms. The highest BCUT2D eigenvalue weighted by atomic mass is 32.1. The third kappa shape index (κ3) is 5.20. The van der Waals surface area contributed by atoms with Crippen molar-refractivity contribution in [2.45, 2.75) is 20.8 Å². The number of hydrogen-bond acceptors (Lipinski definition) is 7. The number of nitrogens with one attached hydrogen (secondary N) is 2. The second-order valence-electron chi connectivity index (χ2n) is 5.51. The molecule has 150 valence electrons. The smallest absolute Gasteiger partial charge is 0.348 e. The number of thiocarbonyl (C=S) groups is 1. The van der Waals surface area contributed by atoms with Crippen molar-refractivity contribution in [1.82, 2.24) is 0 Å². The van der Waals surface area contributed by atoms with Gasteiger partial charge in [0.25, 0.3) is 0 Å². The maximum absolute atomic E-state index is 12.4. The Bertz CT molecular complexity index is 879. The van der Waals surface area contributed by atoms with Gasteiger partial charge in [-0.05, 0) is 50.7 Å². The zero-order valence-corrected chi connectivity index (χ0v) is 17.7. The first-order valence-corrected chi connectivity index (χ1v) is 9.83. The Kier molecular flexibility index (Phi) is 7.77. The van der Waals surface area contributed by atoms with E-state index in [1.165, 1.54) is 0 Å². The summed E-state index contributed by atoms with van der Waals surface area (Å²) in [7, 11) is 1.58. The zero-order valence-electron chi connectivity index (χ0n) is 16.1. The summed E-state index contributed by atoms with van der Waals surface area (Å²) < 4.78 is 15.4. The lowest BCUT2D eigenvalue weighted by molar-refractivity contribution is 0.0527. The van der Waals surface area contributed by atoms with Crippen molar-refractivity contribution in [3.8, 4) is 5.75 Å². The van der Waals surface area contributed by atoms with E-state index in [1.54, 1.807) is 33.9 Å². The van der Waals surface area contributed by atoms with E-state index in [4.69, 9.17) is 26.4 Å². The number of rotatable bonds is 7. The lowest BCUT2D eigenvalue weighted by Crippen LogP contribution is -2.20. The highest BCUT2D eigenvalue weighted by molar-refractivity contribution is 7.80. The van der Waals surface area contributed by atoms with Gasteiger partial charge >= 0.3 is 11.9 Å². The van der Waals surface area contributed by atoms with Gasteiger partial charge in [-0.1, -0.05) is 6.07 Å². The van der Waals surface area contributed by atoms with Crippen LogP contribution >= 0.6 is 23.6 Å². The molecule has 0 fully saturated rings. The van der Waals surface area contributed by atoms with Crippen LogP contribution in [0.1, 0.15) is 39.4 Å². The lowest BCUT2D eigenvalue weighted by Gasteiger charge is -2.11. The van der Waals surface area contributed by atoms with E-state index < -0.39 is 11.9 Å². The number of thiophene rings is 1. The van der Waals surface area contributed by atoms with E-state index in [1.807, 2.05) is 18.2 Å². The number of benzene rings is 1. The van der Waals surface area contributed by atoms with Crippen molar-refractivity contribution in [2.24, 2.45) is 0 Å². The largest absolute Gasteiger partial charge is 0.497 e. The van der Waals surface area contributed by atoms with Gasteiger partial charge < -0.3 is 24.8 Å². The molecule has 0 atom stereocenters. The fourth-order valence-corrected chi connectivity index (χ4v) is 3.79. The van der Waals surface area contributed by atoms with Crippen LogP contribution in [0.4, 0.5) is 10.7 Å². The summed E-state index contributed by atoms with van der Waals surface area (Å²) in [6.07, 6.45) is 0. The van der Waals surface area contributed by atoms with Crippen LogP contribution < -0.4 is 15.4 Å². The van der Waals surface area contributed by atoms with Crippen molar-refractivity contribution >= 4 is 51.3 Å². The van der Waals surface area contributed by atoms with Crippen LogP contribution in [-0.4, -0.2) is 37.4 Å². The standard InChI is InChI=1S/C19H22N2O5S2/c1-5-25-17(22)14-11(3)15(18(23)26-6-2)28-16(14)21-19(27)20-12-8-7-9-13(10-12)24-4/h7-10H,5-6H2,1-4H3,(H2,20,21,27). The summed E-state index contributed by atoms with van der Waals surface area (Å²) in [5, 5.41) is 6.68. The molecular formula is C19H22N2O5S2. The van der Waals surface area contributed by atoms with Crippen molar-refractivity contribution in [2.75, 3.05) is 31.0 Å². The minimum Gasteiger partial charge on any atom is -0.497 e. The molecule has 9 heteroatoms. The summed E-state index contributed by atoms with van der Waals surface area (Å²) in [4.78, 5) is 25.0. The maximum Gasteiger partial charge on any atom is 0.348 e. The molecule has 1 aromatic heterocycles. The van der Waals surface area contributed by atoms with Gasteiger partial charge in [-0.2, -0.15) is 0 Å². The van der Waals surface area contributed by atoms with Crippen LogP contribution in [0, 0.1) is 6.92 Å². The molecule has 0 aliphatic heterocycles. The third-order valence-electron chi connectivity index (χ3n) is 3.64. The molecule has 2 N–H and O–H groups in total. The number of carbonyl (C=O) groups is 2. The number of carbonyl (C=O) groups excluding carboxylic acids is 2. The molecule has 2 rings (SSSR count). The third-order valence-corrected chi connectivity index (χ3v) is 5.03. The average molecular weight is 423 g/mol. The van der Waals surface area contributed by atoms with Crippen LogP contribution in [0.5, 0.6) is 5.75 Å². The second kappa shape index (κ2) is 10.0. The van der Waals surface area contributed by atoms with E-state index in [2.05, 4.69) is 10.6 Å². The molecule has 0 spiro atoms. The molecule has 1 heterocycles. The topological polar surface area (TPSA) is 85.9 Å². The van der Waals surface area contributed by atoms with Crippen molar-refractivity contribution < 1.29 is 23.8 Å². The van der Waals surface area contributed by atoms with Gasteiger partial charge in [-0.25, -0.2) is 9.59 Å². The van der Waals surface area contributed by atoms with E-state index >= 15 is 0 Å². The molecule has 0 radical (unpaired) electrons. The minimum atomic E-state index is -0.529. The predicted molar refractivity (Wildman–Crippen MR) is 114 cm³/mol. The number of methoxy groups -OCH3 is 1. The van der Waals surface area contributed by atoms with Gasteiger partial charge in [0, 0.05) is 11.8 Å². The van der Waals surface area contributed by atoms with Crippen LogP contribution in [0.3, 0.4) is 0 Å².